The number of anilines is 1. The summed E-state index contributed by atoms with van der Waals surface area (Å²) in [7, 11) is 0. The van der Waals surface area contributed by atoms with Crippen LogP contribution >= 0.6 is 11.3 Å². The summed E-state index contributed by atoms with van der Waals surface area (Å²) in [6, 6.07) is 7.46. The number of benzene rings is 1. The Balaban J connectivity index is 1.43. The summed E-state index contributed by atoms with van der Waals surface area (Å²) in [4.78, 5) is 27.8. The molecule has 3 aromatic rings. The quantitative estimate of drug-likeness (QED) is 0.773. The molecule has 0 saturated carbocycles. The standard InChI is InChI=1S/C17H17N5O2S/c23-16(15-9-18-13-3-1-2-4-14(13)20-15)21-17-19-12(11-25-17)10-22-5-7-24-8-6-22/h1-4,9,11H,5-8,10H2,(H,19,21,23). The van der Waals surface area contributed by atoms with E-state index >= 15 is 0 Å². The molecule has 1 N–H and O–H groups in total. The third-order valence-corrected chi connectivity index (χ3v) is 4.75. The molecule has 25 heavy (non-hydrogen) atoms. The van der Waals surface area contributed by atoms with Crippen molar-refractivity contribution in [1.29, 1.82) is 0 Å². The lowest BCUT2D eigenvalue weighted by atomic mass is 10.3. The monoisotopic (exact) mass is 355 g/mol. The molecule has 1 saturated heterocycles. The molecule has 1 aliphatic rings. The van der Waals surface area contributed by atoms with Crippen molar-refractivity contribution >= 4 is 33.4 Å². The Morgan fingerprint density at radius 3 is 2.84 bits per heavy atom. The van der Waals surface area contributed by atoms with Crippen LogP contribution in [-0.2, 0) is 11.3 Å². The molecule has 0 aliphatic carbocycles. The predicted molar refractivity (Wildman–Crippen MR) is 95.7 cm³/mol. The van der Waals surface area contributed by atoms with Crippen LogP contribution in [0.5, 0.6) is 0 Å². The van der Waals surface area contributed by atoms with Crippen molar-refractivity contribution in [2.75, 3.05) is 31.6 Å². The second kappa shape index (κ2) is 7.22. The Hall–Kier alpha value is -2.42. The van der Waals surface area contributed by atoms with Crippen LogP contribution in [0.1, 0.15) is 16.2 Å². The number of nitrogens with one attached hydrogen (secondary N) is 1. The van der Waals surface area contributed by atoms with Crippen molar-refractivity contribution in [2.24, 2.45) is 0 Å². The number of carbonyl (C=O) groups excluding carboxylic acids is 1. The van der Waals surface area contributed by atoms with Gasteiger partial charge in [-0.2, -0.15) is 0 Å². The van der Waals surface area contributed by atoms with Gasteiger partial charge in [0, 0.05) is 25.0 Å². The smallest absolute Gasteiger partial charge is 0.277 e. The van der Waals surface area contributed by atoms with E-state index in [2.05, 4.69) is 25.2 Å². The number of fused-ring (bicyclic) bond motifs is 1. The highest BCUT2D eigenvalue weighted by molar-refractivity contribution is 7.13. The fourth-order valence-corrected chi connectivity index (χ4v) is 3.35. The van der Waals surface area contributed by atoms with Crippen molar-refractivity contribution in [3.63, 3.8) is 0 Å². The molecule has 2 aromatic heterocycles. The third-order valence-electron chi connectivity index (χ3n) is 3.94. The maximum Gasteiger partial charge on any atom is 0.277 e. The SMILES string of the molecule is O=C(Nc1nc(CN2CCOCC2)cs1)c1cnc2ccccc2n1. The van der Waals surface area contributed by atoms with Gasteiger partial charge in [-0.15, -0.1) is 11.3 Å². The van der Waals surface area contributed by atoms with Gasteiger partial charge in [-0.05, 0) is 12.1 Å². The van der Waals surface area contributed by atoms with E-state index in [0.29, 0.717) is 10.6 Å². The molecule has 4 rings (SSSR count). The maximum absolute atomic E-state index is 12.4. The minimum Gasteiger partial charge on any atom is -0.379 e. The predicted octanol–water partition coefficient (Wildman–Crippen LogP) is 2.17. The molecule has 0 atom stereocenters. The van der Waals surface area contributed by atoms with E-state index in [4.69, 9.17) is 4.74 Å². The van der Waals surface area contributed by atoms with E-state index in [0.717, 1.165) is 44.1 Å². The van der Waals surface area contributed by atoms with Crippen molar-refractivity contribution in [3.8, 4) is 0 Å². The van der Waals surface area contributed by atoms with Crippen molar-refractivity contribution in [1.82, 2.24) is 19.9 Å². The van der Waals surface area contributed by atoms with Crippen molar-refractivity contribution < 1.29 is 9.53 Å². The van der Waals surface area contributed by atoms with Gasteiger partial charge in [0.05, 0.1) is 36.1 Å². The highest BCUT2D eigenvalue weighted by Gasteiger charge is 2.15. The van der Waals surface area contributed by atoms with Crippen LogP contribution in [0.4, 0.5) is 5.13 Å². The first kappa shape index (κ1) is 16.1. The second-order valence-electron chi connectivity index (χ2n) is 5.73. The maximum atomic E-state index is 12.4. The molecule has 0 unspecified atom stereocenters. The van der Waals surface area contributed by atoms with Crippen LogP contribution in [-0.4, -0.2) is 52.1 Å². The van der Waals surface area contributed by atoms with Crippen molar-refractivity contribution in [3.05, 3.63) is 47.2 Å². The lowest BCUT2D eigenvalue weighted by Crippen LogP contribution is -2.35. The van der Waals surface area contributed by atoms with Gasteiger partial charge in [0.2, 0.25) is 0 Å². The van der Waals surface area contributed by atoms with Crippen LogP contribution in [0.25, 0.3) is 11.0 Å². The fraction of sp³-hybridized carbons (Fsp3) is 0.294. The summed E-state index contributed by atoms with van der Waals surface area (Å²) in [5.74, 6) is -0.300. The molecular formula is C17H17N5O2S. The lowest BCUT2D eigenvalue weighted by molar-refractivity contribution is 0.0337. The van der Waals surface area contributed by atoms with E-state index < -0.39 is 0 Å². The van der Waals surface area contributed by atoms with Crippen LogP contribution in [0.3, 0.4) is 0 Å². The van der Waals surface area contributed by atoms with Gasteiger partial charge in [0.1, 0.15) is 5.69 Å². The molecule has 0 radical (unpaired) electrons. The van der Waals surface area contributed by atoms with E-state index in [-0.39, 0.29) is 11.6 Å². The number of carbonyl (C=O) groups is 1. The Morgan fingerprint density at radius 2 is 2.00 bits per heavy atom. The minimum atomic E-state index is -0.300. The number of hydrogen-bond acceptors (Lipinski definition) is 7. The molecule has 0 bridgehead atoms. The lowest BCUT2D eigenvalue weighted by Gasteiger charge is -2.25. The average molecular weight is 355 g/mol. The Kier molecular flexibility index (Phi) is 4.64. The summed E-state index contributed by atoms with van der Waals surface area (Å²) >= 11 is 1.42. The third kappa shape index (κ3) is 3.81. The van der Waals surface area contributed by atoms with E-state index in [1.165, 1.54) is 17.5 Å². The molecule has 7 nitrogen and oxygen atoms in total. The van der Waals surface area contributed by atoms with Gasteiger partial charge in [-0.3, -0.25) is 20.0 Å². The number of para-hydroxylation sites is 2. The van der Waals surface area contributed by atoms with E-state index in [1.54, 1.807) is 0 Å². The average Bonchev–Trinajstić information content (AvgIpc) is 3.09. The van der Waals surface area contributed by atoms with Crippen LogP contribution in [0.15, 0.2) is 35.8 Å². The Labute approximate surface area is 148 Å². The highest BCUT2D eigenvalue weighted by atomic mass is 32.1. The number of hydrogen-bond donors (Lipinski definition) is 1. The fourth-order valence-electron chi connectivity index (χ4n) is 2.65. The molecular weight excluding hydrogens is 338 g/mol. The van der Waals surface area contributed by atoms with Gasteiger partial charge in [0.25, 0.3) is 5.91 Å². The number of rotatable bonds is 4. The van der Waals surface area contributed by atoms with Gasteiger partial charge in [-0.25, -0.2) is 9.97 Å². The summed E-state index contributed by atoms with van der Waals surface area (Å²) < 4.78 is 5.35. The number of thiazole rings is 1. The summed E-state index contributed by atoms with van der Waals surface area (Å²) in [5.41, 5.74) is 2.69. The first-order chi connectivity index (χ1) is 12.3. The molecule has 1 amide bonds. The molecule has 3 heterocycles. The van der Waals surface area contributed by atoms with Crippen molar-refractivity contribution in [2.45, 2.75) is 6.54 Å². The van der Waals surface area contributed by atoms with Crippen LogP contribution < -0.4 is 5.32 Å². The number of morpholine rings is 1. The van der Waals surface area contributed by atoms with Crippen LogP contribution in [0.2, 0.25) is 0 Å². The zero-order valence-corrected chi connectivity index (χ0v) is 14.3. The number of nitrogens with zero attached hydrogens (tertiary/aromatic N) is 4. The van der Waals surface area contributed by atoms with Gasteiger partial charge in [-0.1, -0.05) is 12.1 Å². The number of amides is 1. The molecule has 1 aliphatic heterocycles. The molecule has 1 aromatic carbocycles. The molecule has 128 valence electrons. The zero-order valence-electron chi connectivity index (χ0n) is 13.5. The van der Waals surface area contributed by atoms with Gasteiger partial charge < -0.3 is 4.74 Å². The Morgan fingerprint density at radius 1 is 1.20 bits per heavy atom. The molecule has 0 spiro atoms. The van der Waals surface area contributed by atoms with Gasteiger partial charge in [0.15, 0.2) is 5.13 Å². The van der Waals surface area contributed by atoms with E-state index in [1.807, 2.05) is 29.6 Å². The second-order valence-corrected chi connectivity index (χ2v) is 6.59. The molecule has 8 heteroatoms. The largest absolute Gasteiger partial charge is 0.379 e. The first-order valence-corrected chi connectivity index (χ1v) is 8.93. The zero-order chi connectivity index (χ0) is 17.1. The normalized spacial score (nSPS) is 15.4. The molecule has 1 fully saturated rings. The van der Waals surface area contributed by atoms with E-state index in [9.17, 15) is 4.79 Å². The Bertz CT molecular complexity index is 891. The summed E-state index contributed by atoms with van der Waals surface area (Å²) in [5, 5.41) is 5.35. The summed E-state index contributed by atoms with van der Waals surface area (Å²) in [6.45, 7) is 4.10. The number of aromatic nitrogens is 3. The topological polar surface area (TPSA) is 80.2 Å². The first-order valence-electron chi connectivity index (χ1n) is 8.05. The van der Waals surface area contributed by atoms with Gasteiger partial charge >= 0.3 is 0 Å². The minimum absolute atomic E-state index is 0.281. The highest BCUT2D eigenvalue weighted by Crippen LogP contribution is 2.18. The number of ether oxygens (including phenoxy) is 1. The van der Waals surface area contributed by atoms with Crippen LogP contribution in [0, 0.1) is 0 Å². The summed E-state index contributed by atoms with van der Waals surface area (Å²) in [6.07, 6.45) is 1.49.